The van der Waals surface area contributed by atoms with Crippen LogP contribution in [0.1, 0.15) is 0 Å². The van der Waals surface area contributed by atoms with Crippen LogP contribution in [0.25, 0.3) is 0 Å². The second kappa shape index (κ2) is 7.25. The summed E-state index contributed by atoms with van der Waals surface area (Å²) in [5, 5.41) is 0. The van der Waals surface area contributed by atoms with Crippen molar-refractivity contribution in [2.45, 2.75) is 0 Å². The minimum Gasteiger partial charge on any atom is -0.378 e. The van der Waals surface area contributed by atoms with Crippen molar-refractivity contribution in [3.63, 3.8) is 0 Å². The van der Waals surface area contributed by atoms with E-state index in [1.54, 1.807) is 0 Å². The normalized spacial score (nSPS) is 22.6. The summed E-state index contributed by atoms with van der Waals surface area (Å²) in [5.41, 5.74) is 0. The highest BCUT2D eigenvalue weighted by Gasteiger charge is 2.08. The third-order valence-electron chi connectivity index (χ3n) is 2.91. The van der Waals surface area contributed by atoms with Gasteiger partial charge in [0, 0.05) is 19.2 Å². The summed E-state index contributed by atoms with van der Waals surface area (Å²) in [6, 6.07) is 0. The third kappa shape index (κ3) is 4.71. The van der Waals surface area contributed by atoms with Gasteiger partial charge in [-0.25, -0.2) is 4.58 Å². The van der Waals surface area contributed by atoms with E-state index in [0.717, 1.165) is 52.6 Å². The first-order chi connectivity index (χ1) is 8.45. The van der Waals surface area contributed by atoms with Crippen LogP contribution in [0.4, 0.5) is 0 Å². The molecule has 0 N–H and O–H groups in total. The van der Waals surface area contributed by atoms with Crippen LogP contribution < -0.4 is 0 Å². The Morgan fingerprint density at radius 3 is 2.29 bits per heavy atom. The summed E-state index contributed by atoms with van der Waals surface area (Å²) in [6.07, 6.45) is 10.5. The zero-order chi connectivity index (χ0) is 11.8. The average molecular weight is 237 g/mol. The Morgan fingerprint density at radius 2 is 1.53 bits per heavy atom. The number of ether oxygens (including phenoxy) is 2. The Balaban J connectivity index is 1.70. The van der Waals surface area contributed by atoms with E-state index in [9.17, 15) is 0 Å². The van der Waals surface area contributed by atoms with Crippen molar-refractivity contribution in [2.75, 3.05) is 52.6 Å². The molecule has 0 aromatic carbocycles. The lowest BCUT2D eigenvalue weighted by atomic mass is 10.4. The Labute approximate surface area is 103 Å². The number of nitrogens with zero attached hydrogens (tertiary/aromatic N) is 2. The molecule has 2 fully saturated rings. The van der Waals surface area contributed by atoms with Gasteiger partial charge in [-0.15, -0.1) is 0 Å². The molecule has 0 saturated carbocycles. The molecule has 0 spiro atoms. The van der Waals surface area contributed by atoms with E-state index >= 15 is 0 Å². The largest absolute Gasteiger partial charge is 0.378 e. The van der Waals surface area contributed by atoms with Gasteiger partial charge in [-0.05, 0) is 12.3 Å². The highest BCUT2D eigenvalue weighted by atomic mass is 16.5. The number of morpholine rings is 2. The van der Waals surface area contributed by atoms with Crippen molar-refractivity contribution in [3.05, 3.63) is 24.4 Å². The molecule has 0 unspecified atom stereocenters. The monoisotopic (exact) mass is 237 g/mol. The van der Waals surface area contributed by atoms with Crippen LogP contribution in [0, 0.1) is 0 Å². The van der Waals surface area contributed by atoms with Gasteiger partial charge in [-0.1, -0.05) is 6.08 Å². The van der Waals surface area contributed by atoms with Gasteiger partial charge in [0.15, 0.2) is 19.3 Å². The fraction of sp³-hybridized carbons (Fsp3) is 0.615. The molecule has 2 rings (SSSR count). The van der Waals surface area contributed by atoms with E-state index in [1.807, 2.05) is 0 Å². The molecule has 4 nitrogen and oxygen atoms in total. The van der Waals surface area contributed by atoms with Gasteiger partial charge < -0.3 is 14.4 Å². The van der Waals surface area contributed by atoms with Crippen molar-refractivity contribution >= 4 is 6.21 Å². The van der Waals surface area contributed by atoms with E-state index in [1.165, 1.54) is 0 Å². The maximum absolute atomic E-state index is 5.29. The molecule has 2 aliphatic rings. The van der Waals surface area contributed by atoms with Crippen LogP contribution in [-0.2, 0) is 9.47 Å². The smallest absolute Gasteiger partial charge is 0.166 e. The molecule has 2 saturated heterocycles. The maximum Gasteiger partial charge on any atom is 0.166 e. The lowest BCUT2D eigenvalue weighted by Gasteiger charge is -2.24. The van der Waals surface area contributed by atoms with Crippen LogP contribution in [-0.4, -0.2) is 68.3 Å². The lowest BCUT2D eigenvalue weighted by molar-refractivity contribution is -0.544. The fourth-order valence-electron chi connectivity index (χ4n) is 1.86. The molecular formula is C13H21N2O2+. The first-order valence-corrected chi connectivity index (χ1v) is 6.27. The van der Waals surface area contributed by atoms with Crippen LogP contribution in [0.5, 0.6) is 0 Å². The summed E-state index contributed by atoms with van der Waals surface area (Å²) < 4.78 is 12.9. The maximum atomic E-state index is 5.29. The zero-order valence-electron chi connectivity index (χ0n) is 10.3. The van der Waals surface area contributed by atoms with E-state index in [2.05, 4.69) is 40.1 Å². The SMILES string of the molecule is C(/C=C/C=C/N1CCOCC1)=[N+]1CCOCC1. The molecule has 0 atom stereocenters. The first-order valence-electron chi connectivity index (χ1n) is 6.27. The summed E-state index contributed by atoms with van der Waals surface area (Å²) in [5.74, 6) is 0. The van der Waals surface area contributed by atoms with Crippen molar-refractivity contribution in [2.24, 2.45) is 0 Å². The van der Waals surface area contributed by atoms with Gasteiger partial charge in [0.25, 0.3) is 0 Å². The zero-order valence-corrected chi connectivity index (χ0v) is 10.3. The lowest BCUT2D eigenvalue weighted by Crippen LogP contribution is -2.31. The van der Waals surface area contributed by atoms with E-state index in [-0.39, 0.29) is 0 Å². The first kappa shape index (κ1) is 12.3. The van der Waals surface area contributed by atoms with Gasteiger partial charge in [0.2, 0.25) is 0 Å². The second-order valence-corrected chi connectivity index (χ2v) is 4.17. The predicted octanol–water partition coefficient (Wildman–Crippen LogP) is 0.502. The molecule has 2 aliphatic heterocycles. The van der Waals surface area contributed by atoms with Gasteiger partial charge >= 0.3 is 0 Å². The average Bonchev–Trinajstić information content (AvgIpc) is 2.41. The molecule has 0 aromatic heterocycles. The summed E-state index contributed by atoms with van der Waals surface area (Å²) in [7, 11) is 0. The van der Waals surface area contributed by atoms with Gasteiger partial charge in [0.05, 0.1) is 13.2 Å². The number of allylic oxidation sites excluding steroid dienone is 3. The van der Waals surface area contributed by atoms with Gasteiger partial charge in [-0.2, -0.15) is 0 Å². The van der Waals surface area contributed by atoms with Gasteiger partial charge in [0.1, 0.15) is 13.2 Å². The highest BCUT2D eigenvalue weighted by Crippen LogP contribution is 1.97. The van der Waals surface area contributed by atoms with Crippen molar-refractivity contribution in [1.29, 1.82) is 0 Å². The summed E-state index contributed by atoms with van der Waals surface area (Å²) in [6.45, 7) is 7.36. The Morgan fingerprint density at radius 1 is 0.824 bits per heavy atom. The van der Waals surface area contributed by atoms with E-state index < -0.39 is 0 Å². The molecule has 17 heavy (non-hydrogen) atoms. The molecular weight excluding hydrogens is 216 g/mol. The summed E-state index contributed by atoms with van der Waals surface area (Å²) >= 11 is 0. The van der Waals surface area contributed by atoms with Crippen LogP contribution in [0.3, 0.4) is 0 Å². The Kier molecular flexibility index (Phi) is 5.26. The van der Waals surface area contributed by atoms with E-state index in [4.69, 9.17) is 9.47 Å². The summed E-state index contributed by atoms with van der Waals surface area (Å²) in [4.78, 5) is 2.28. The Hall–Kier alpha value is -1.13. The molecule has 2 heterocycles. The van der Waals surface area contributed by atoms with Gasteiger partial charge in [-0.3, -0.25) is 0 Å². The minimum atomic E-state index is 0.841. The van der Waals surface area contributed by atoms with Crippen LogP contribution in [0.15, 0.2) is 24.4 Å². The second-order valence-electron chi connectivity index (χ2n) is 4.17. The number of rotatable bonds is 3. The van der Waals surface area contributed by atoms with Crippen molar-refractivity contribution in [3.8, 4) is 0 Å². The standard InChI is InChI=1S/C13H21N2O2/c1(2-4-14-6-10-16-11-7-14)3-5-15-8-12-17-13-9-15/h1-5H,6-13H2/q+1. The molecule has 0 bridgehead atoms. The molecule has 0 aromatic rings. The predicted molar refractivity (Wildman–Crippen MR) is 67.5 cm³/mol. The van der Waals surface area contributed by atoms with Crippen molar-refractivity contribution in [1.82, 2.24) is 4.90 Å². The molecule has 0 aliphatic carbocycles. The quantitative estimate of drug-likeness (QED) is 0.528. The number of hydrogen-bond acceptors (Lipinski definition) is 3. The minimum absolute atomic E-state index is 0.841. The molecule has 94 valence electrons. The highest BCUT2D eigenvalue weighted by molar-refractivity contribution is 5.66. The van der Waals surface area contributed by atoms with E-state index in [0.29, 0.717) is 0 Å². The van der Waals surface area contributed by atoms with Crippen LogP contribution in [0.2, 0.25) is 0 Å². The molecule has 0 radical (unpaired) electrons. The molecule has 0 amide bonds. The Bertz CT molecular complexity index is 297. The van der Waals surface area contributed by atoms with Crippen LogP contribution >= 0.6 is 0 Å². The topological polar surface area (TPSA) is 24.7 Å². The number of hydrogen-bond donors (Lipinski definition) is 0. The third-order valence-corrected chi connectivity index (χ3v) is 2.91. The van der Waals surface area contributed by atoms with Crippen molar-refractivity contribution < 1.29 is 14.0 Å². The fourth-order valence-corrected chi connectivity index (χ4v) is 1.86. The molecule has 4 heteroatoms.